The molecule has 0 bridgehead atoms. The molecular weight excluding hydrogens is 295 g/mol. The molecule has 1 saturated heterocycles. The monoisotopic (exact) mass is 314 g/mol. The summed E-state index contributed by atoms with van der Waals surface area (Å²) in [5.74, 6) is -0.158. The Morgan fingerprint density at radius 1 is 1.04 bits per heavy atom. The number of hydrogen-bond acceptors (Lipinski definition) is 4. The minimum Gasteiger partial charge on any atom is -0.355 e. The van der Waals surface area contributed by atoms with Crippen molar-refractivity contribution in [2.45, 2.75) is 25.7 Å². The van der Waals surface area contributed by atoms with Crippen LogP contribution in [0, 0.1) is 5.82 Å². The van der Waals surface area contributed by atoms with Gasteiger partial charge in [0.15, 0.2) is 0 Å². The number of aromatic nitrogens is 2. The lowest BCUT2D eigenvalue weighted by molar-refractivity contribution is 0.102. The van der Waals surface area contributed by atoms with Crippen LogP contribution in [0.2, 0.25) is 0 Å². The quantitative estimate of drug-likeness (QED) is 0.945. The van der Waals surface area contributed by atoms with E-state index in [4.69, 9.17) is 0 Å². The van der Waals surface area contributed by atoms with Gasteiger partial charge in [-0.25, -0.2) is 14.4 Å². The highest BCUT2D eigenvalue weighted by Gasteiger charge is 2.14. The first-order chi connectivity index (χ1) is 11.2. The van der Waals surface area contributed by atoms with Gasteiger partial charge in [-0.05, 0) is 25.0 Å². The number of carbonyl (C=O) groups is 1. The summed E-state index contributed by atoms with van der Waals surface area (Å²) in [5.41, 5.74) is 0.308. The van der Waals surface area contributed by atoms with Crippen LogP contribution in [0.1, 0.15) is 36.2 Å². The maximum absolute atomic E-state index is 13.6. The minimum absolute atomic E-state index is 0.135. The molecule has 2 heterocycles. The molecule has 0 aliphatic carbocycles. The number of nitrogens with one attached hydrogen (secondary N) is 1. The Bertz CT molecular complexity index is 667. The van der Waals surface area contributed by atoms with Crippen molar-refractivity contribution in [3.05, 3.63) is 48.2 Å². The van der Waals surface area contributed by atoms with Crippen molar-refractivity contribution in [1.82, 2.24) is 9.97 Å². The predicted molar refractivity (Wildman–Crippen MR) is 87.1 cm³/mol. The molecule has 1 aliphatic heterocycles. The smallest absolute Gasteiger partial charge is 0.275 e. The average molecular weight is 314 g/mol. The first-order valence-electron chi connectivity index (χ1n) is 7.87. The Hall–Kier alpha value is -2.50. The molecule has 0 unspecified atom stereocenters. The van der Waals surface area contributed by atoms with Crippen molar-refractivity contribution >= 4 is 17.4 Å². The summed E-state index contributed by atoms with van der Waals surface area (Å²) < 4.78 is 13.6. The van der Waals surface area contributed by atoms with E-state index in [1.165, 1.54) is 31.2 Å². The Kier molecular flexibility index (Phi) is 4.80. The molecule has 23 heavy (non-hydrogen) atoms. The number of carbonyl (C=O) groups excluding carboxylic acids is 1. The summed E-state index contributed by atoms with van der Waals surface area (Å²) in [6.07, 6.45) is 7.84. The third-order valence-electron chi connectivity index (χ3n) is 3.92. The van der Waals surface area contributed by atoms with Gasteiger partial charge in [-0.3, -0.25) is 4.79 Å². The van der Waals surface area contributed by atoms with Crippen LogP contribution in [0.25, 0.3) is 0 Å². The number of halogens is 1. The highest BCUT2D eigenvalue weighted by atomic mass is 19.1. The van der Waals surface area contributed by atoms with Crippen molar-refractivity contribution in [2.24, 2.45) is 0 Å². The van der Waals surface area contributed by atoms with Gasteiger partial charge in [0.1, 0.15) is 17.3 Å². The molecule has 5 nitrogen and oxygen atoms in total. The van der Waals surface area contributed by atoms with Crippen LogP contribution in [0.4, 0.5) is 15.9 Å². The van der Waals surface area contributed by atoms with Crippen LogP contribution in [0.15, 0.2) is 36.7 Å². The SMILES string of the molecule is O=C(Nc1ccccc1F)c1cnc(N2CCCCCC2)cn1. The number of benzene rings is 1. The Morgan fingerprint density at radius 3 is 2.43 bits per heavy atom. The largest absolute Gasteiger partial charge is 0.355 e. The van der Waals surface area contributed by atoms with E-state index in [2.05, 4.69) is 20.2 Å². The molecule has 1 amide bonds. The van der Waals surface area contributed by atoms with Crippen LogP contribution in [0.5, 0.6) is 0 Å². The summed E-state index contributed by atoms with van der Waals surface area (Å²) in [5, 5.41) is 2.51. The molecule has 0 saturated carbocycles. The standard InChI is InChI=1S/C17H19FN4O/c18-13-7-3-4-8-14(13)21-17(23)15-11-20-16(12-19-15)22-9-5-1-2-6-10-22/h3-4,7-8,11-12H,1-2,5-6,9-10H2,(H,21,23). The van der Waals surface area contributed by atoms with Crippen LogP contribution in [-0.4, -0.2) is 29.0 Å². The fourth-order valence-electron chi connectivity index (χ4n) is 2.65. The highest BCUT2D eigenvalue weighted by molar-refractivity contribution is 6.02. The lowest BCUT2D eigenvalue weighted by Crippen LogP contribution is -2.25. The molecule has 0 atom stereocenters. The van der Waals surface area contributed by atoms with Gasteiger partial charge in [0, 0.05) is 13.1 Å². The normalized spacial score (nSPS) is 15.1. The van der Waals surface area contributed by atoms with E-state index in [9.17, 15) is 9.18 Å². The second kappa shape index (κ2) is 7.17. The molecule has 1 aliphatic rings. The van der Waals surface area contributed by atoms with Crippen molar-refractivity contribution in [1.29, 1.82) is 0 Å². The van der Waals surface area contributed by atoms with E-state index in [0.717, 1.165) is 31.7 Å². The van der Waals surface area contributed by atoms with E-state index in [1.807, 2.05) is 0 Å². The number of hydrogen-bond donors (Lipinski definition) is 1. The summed E-state index contributed by atoms with van der Waals surface area (Å²) in [6.45, 7) is 1.94. The first kappa shape index (κ1) is 15.4. The molecule has 1 aromatic heterocycles. The molecule has 0 spiro atoms. The number of anilines is 2. The van der Waals surface area contributed by atoms with Gasteiger partial charge in [0.25, 0.3) is 5.91 Å². The predicted octanol–water partition coefficient (Wildman–Crippen LogP) is 3.25. The van der Waals surface area contributed by atoms with Gasteiger partial charge in [0.2, 0.25) is 0 Å². The Labute approximate surface area is 134 Å². The number of para-hydroxylation sites is 1. The fraction of sp³-hybridized carbons (Fsp3) is 0.353. The molecule has 2 aromatic rings. The van der Waals surface area contributed by atoms with E-state index in [1.54, 1.807) is 18.3 Å². The molecule has 1 fully saturated rings. The van der Waals surface area contributed by atoms with Gasteiger partial charge < -0.3 is 10.2 Å². The second-order valence-corrected chi connectivity index (χ2v) is 5.60. The van der Waals surface area contributed by atoms with Crippen LogP contribution >= 0.6 is 0 Å². The van der Waals surface area contributed by atoms with Crippen molar-refractivity contribution in [3.8, 4) is 0 Å². The zero-order chi connectivity index (χ0) is 16.1. The van der Waals surface area contributed by atoms with Crippen molar-refractivity contribution in [2.75, 3.05) is 23.3 Å². The van der Waals surface area contributed by atoms with E-state index >= 15 is 0 Å². The molecule has 120 valence electrons. The Balaban J connectivity index is 1.69. The van der Waals surface area contributed by atoms with Crippen LogP contribution in [0.3, 0.4) is 0 Å². The summed E-state index contributed by atoms with van der Waals surface area (Å²) in [7, 11) is 0. The first-order valence-corrected chi connectivity index (χ1v) is 7.87. The third-order valence-corrected chi connectivity index (χ3v) is 3.92. The van der Waals surface area contributed by atoms with Crippen LogP contribution in [-0.2, 0) is 0 Å². The minimum atomic E-state index is -0.477. The molecular formula is C17H19FN4O. The van der Waals surface area contributed by atoms with Crippen LogP contribution < -0.4 is 10.2 Å². The zero-order valence-corrected chi connectivity index (χ0v) is 12.8. The van der Waals surface area contributed by atoms with E-state index < -0.39 is 11.7 Å². The summed E-state index contributed by atoms with van der Waals surface area (Å²) in [6, 6.07) is 6.03. The van der Waals surface area contributed by atoms with E-state index in [0.29, 0.717) is 0 Å². The molecule has 1 N–H and O–H groups in total. The molecule has 1 aromatic carbocycles. The van der Waals surface area contributed by atoms with E-state index in [-0.39, 0.29) is 11.4 Å². The topological polar surface area (TPSA) is 58.1 Å². The van der Waals surface area contributed by atoms with Gasteiger partial charge in [-0.15, -0.1) is 0 Å². The number of nitrogens with zero attached hydrogens (tertiary/aromatic N) is 3. The summed E-state index contributed by atoms with van der Waals surface area (Å²) in [4.78, 5) is 22.8. The van der Waals surface area contributed by atoms with Gasteiger partial charge in [-0.2, -0.15) is 0 Å². The molecule has 3 rings (SSSR count). The highest BCUT2D eigenvalue weighted by Crippen LogP contribution is 2.17. The second-order valence-electron chi connectivity index (χ2n) is 5.60. The van der Waals surface area contributed by atoms with Gasteiger partial charge in [0.05, 0.1) is 18.1 Å². The van der Waals surface area contributed by atoms with Crippen molar-refractivity contribution in [3.63, 3.8) is 0 Å². The number of rotatable bonds is 3. The molecule has 6 heteroatoms. The Morgan fingerprint density at radius 2 is 1.78 bits per heavy atom. The maximum atomic E-state index is 13.6. The third kappa shape index (κ3) is 3.83. The average Bonchev–Trinajstić information content (AvgIpc) is 2.86. The zero-order valence-electron chi connectivity index (χ0n) is 12.8. The fourth-order valence-corrected chi connectivity index (χ4v) is 2.65. The maximum Gasteiger partial charge on any atom is 0.275 e. The lowest BCUT2D eigenvalue weighted by Gasteiger charge is -2.20. The van der Waals surface area contributed by atoms with Gasteiger partial charge >= 0.3 is 0 Å². The summed E-state index contributed by atoms with van der Waals surface area (Å²) >= 11 is 0. The number of amides is 1. The van der Waals surface area contributed by atoms with Gasteiger partial charge in [-0.1, -0.05) is 25.0 Å². The molecule has 0 radical (unpaired) electrons. The van der Waals surface area contributed by atoms with Crippen molar-refractivity contribution < 1.29 is 9.18 Å². The lowest BCUT2D eigenvalue weighted by atomic mass is 10.2.